The maximum atomic E-state index is 13.0. The van der Waals surface area contributed by atoms with Gasteiger partial charge in [0.05, 0.1) is 36.7 Å². The molecule has 2 aromatic heterocycles. The Balaban J connectivity index is 1.16. The van der Waals surface area contributed by atoms with Gasteiger partial charge in [0.25, 0.3) is 5.56 Å². The van der Waals surface area contributed by atoms with Crippen LogP contribution in [-0.4, -0.2) is 138 Å². The standard InChI is InChI=1S/C37H47N9O11/c1-21(34(52)53)16-26(47)20-46-14-12-45(13-15-46)11-10-39-30(50)18-27(36(56)57)42-29(49)9-7-24(35(54)55)17-28(48)23-5-2-22(3-6-23)4-8-25-19-40-32-31(41-25)33(51)44-37(38)43-32/h2-3,5-6,19,21,24,27H,4,7-18,20H2,1H3,(H,39,50)(H,42,49)(H,52,53)(H,54,55)(H,56,57)(H3,38,40,43,44,51)/t21-,24-,27+/m1/s1. The zero-order valence-electron chi connectivity index (χ0n) is 31.4. The van der Waals surface area contributed by atoms with E-state index in [1.807, 2.05) is 4.90 Å². The summed E-state index contributed by atoms with van der Waals surface area (Å²) in [7, 11) is 0. The Bertz CT molecular complexity index is 2010. The van der Waals surface area contributed by atoms with Crippen LogP contribution in [0.25, 0.3) is 11.2 Å². The van der Waals surface area contributed by atoms with E-state index in [0.29, 0.717) is 51.3 Å². The summed E-state index contributed by atoms with van der Waals surface area (Å²) >= 11 is 0. The Kier molecular flexibility index (Phi) is 15.8. The van der Waals surface area contributed by atoms with E-state index >= 15 is 0 Å². The number of fused-ring (bicyclic) bond motifs is 1. The first-order valence-electron chi connectivity index (χ1n) is 18.4. The number of aromatic amines is 1. The van der Waals surface area contributed by atoms with Crippen molar-refractivity contribution in [1.29, 1.82) is 0 Å². The van der Waals surface area contributed by atoms with Gasteiger partial charge in [-0.2, -0.15) is 4.98 Å². The number of amides is 2. The molecule has 2 amide bonds. The van der Waals surface area contributed by atoms with E-state index in [-0.39, 0.29) is 54.4 Å². The molecule has 0 saturated carbocycles. The molecule has 20 heteroatoms. The van der Waals surface area contributed by atoms with Crippen LogP contribution in [0.3, 0.4) is 0 Å². The molecule has 1 aliphatic rings. The number of aromatic nitrogens is 4. The third-order valence-corrected chi connectivity index (χ3v) is 9.53. The Morgan fingerprint density at radius 1 is 0.860 bits per heavy atom. The fourth-order valence-electron chi connectivity index (χ4n) is 6.17. The summed E-state index contributed by atoms with van der Waals surface area (Å²) in [5, 5.41) is 33.3. The molecule has 3 atom stereocenters. The summed E-state index contributed by atoms with van der Waals surface area (Å²) in [6.45, 7) is 4.75. The number of anilines is 1. The van der Waals surface area contributed by atoms with Gasteiger partial charge in [0.2, 0.25) is 17.8 Å². The molecule has 3 heterocycles. The van der Waals surface area contributed by atoms with Crippen molar-refractivity contribution in [3.63, 3.8) is 0 Å². The smallest absolute Gasteiger partial charge is 0.326 e. The minimum Gasteiger partial charge on any atom is -0.481 e. The zero-order chi connectivity index (χ0) is 41.6. The summed E-state index contributed by atoms with van der Waals surface area (Å²) in [4.78, 5) is 116. The number of carbonyl (C=O) groups is 7. The van der Waals surface area contributed by atoms with Crippen LogP contribution in [0.15, 0.2) is 35.3 Å². The van der Waals surface area contributed by atoms with E-state index in [1.165, 1.54) is 13.1 Å². The van der Waals surface area contributed by atoms with Crippen LogP contribution >= 0.6 is 0 Å². The molecule has 0 aliphatic carbocycles. The molecule has 1 saturated heterocycles. The molecule has 0 spiro atoms. The number of benzene rings is 1. The van der Waals surface area contributed by atoms with Gasteiger partial charge in [-0.3, -0.25) is 48.3 Å². The minimum atomic E-state index is -1.56. The zero-order valence-corrected chi connectivity index (χ0v) is 31.4. The number of piperazine rings is 1. The number of carboxylic acid groups (broad SMARTS) is 3. The number of H-pyrrole nitrogens is 1. The number of Topliss-reactive ketones (excluding diaryl/α,β-unsaturated/α-hetero) is 2. The molecular formula is C37H47N9O11. The number of nitrogen functional groups attached to an aromatic ring is 1. The molecule has 0 unspecified atom stereocenters. The Hall–Kier alpha value is -6.15. The maximum Gasteiger partial charge on any atom is 0.326 e. The van der Waals surface area contributed by atoms with Gasteiger partial charge >= 0.3 is 17.9 Å². The van der Waals surface area contributed by atoms with Crippen LogP contribution in [-0.2, 0) is 41.6 Å². The fraction of sp³-hybridized carbons (Fsp3) is 0.486. The molecule has 1 aliphatic heterocycles. The maximum absolute atomic E-state index is 13.0. The summed E-state index contributed by atoms with van der Waals surface area (Å²) < 4.78 is 0. The van der Waals surface area contributed by atoms with Crippen molar-refractivity contribution in [2.24, 2.45) is 11.8 Å². The highest BCUT2D eigenvalue weighted by Crippen LogP contribution is 2.18. The largest absolute Gasteiger partial charge is 0.481 e. The molecule has 4 rings (SSSR count). The molecule has 1 aromatic carbocycles. The lowest BCUT2D eigenvalue weighted by Gasteiger charge is -2.34. The highest BCUT2D eigenvalue weighted by atomic mass is 16.4. The van der Waals surface area contributed by atoms with E-state index in [0.717, 1.165) is 5.56 Å². The topological polar surface area (TPSA) is 308 Å². The van der Waals surface area contributed by atoms with Gasteiger partial charge in [-0.15, -0.1) is 0 Å². The SMILES string of the molecule is C[C@H](CC(=O)CN1CCN(CCNC(=O)C[C@H](NC(=O)CC[C@H](CC(=O)c2ccc(CCc3cnc4nc(N)[nH]c(=O)c4n3)cc2)C(=O)O)C(=O)O)CC1)C(=O)O. The molecular weight excluding hydrogens is 746 g/mol. The van der Waals surface area contributed by atoms with Crippen LogP contribution in [0.4, 0.5) is 5.95 Å². The lowest BCUT2D eigenvalue weighted by Crippen LogP contribution is -2.50. The second-order valence-corrected chi connectivity index (χ2v) is 14.0. The van der Waals surface area contributed by atoms with Crippen molar-refractivity contribution in [3.8, 4) is 0 Å². The third kappa shape index (κ3) is 13.8. The van der Waals surface area contributed by atoms with Crippen molar-refractivity contribution in [3.05, 3.63) is 57.6 Å². The average Bonchev–Trinajstić information content (AvgIpc) is 3.16. The van der Waals surface area contributed by atoms with Crippen LogP contribution in [0, 0.1) is 11.8 Å². The van der Waals surface area contributed by atoms with Crippen molar-refractivity contribution in [2.75, 3.05) is 51.5 Å². The molecule has 0 bridgehead atoms. The fourth-order valence-corrected chi connectivity index (χ4v) is 6.17. The van der Waals surface area contributed by atoms with Crippen molar-refractivity contribution >= 4 is 58.4 Å². The molecule has 0 radical (unpaired) electrons. The molecule has 20 nitrogen and oxygen atoms in total. The second kappa shape index (κ2) is 20.7. The summed E-state index contributed by atoms with van der Waals surface area (Å²) in [6.07, 6.45) is 0.815. The van der Waals surface area contributed by atoms with E-state index in [2.05, 4.69) is 35.5 Å². The Morgan fingerprint density at radius 2 is 1.54 bits per heavy atom. The predicted octanol–water partition coefficient (Wildman–Crippen LogP) is -0.492. The number of nitrogens with two attached hydrogens (primary N) is 1. The molecule has 57 heavy (non-hydrogen) atoms. The first-order chi connectivity index (χ1) is 27.1. The predicted molar refractivity (Wildman–Crippen MR) is 202 cm³/mol. The number of nitrogens with one attached hydrogen (secondary N) is 3. The van der Waals surface area contributed by atoms with Gasteiger partial charge in [0, 0.05) is 64.1 Å². The van der Waals surface area contributed by atoms with Gasteiger partial charge < -0.3 is 31.7 Å². The third-order valence-electron chi connectivity index (χ3n) is 9.53. The van der Waals surface area contributed by atoms with Crippen molar-refractivity contribution in [1.82, 2.24) is 40.4 Å². The average molecular weight is 794 g/mol. The van der Waals surface area contributed by atoms with Gasteiger partial charge in [-0.05, 0) is 24.8 Å². The second-order valence-electron chi connectivity index (χ2n) is 14.0. The number of hydrogen-bond donors (Lipinski definition) is 7. The number of carbonyl (C=O) groups excluding carboxylic acids is 4. The van der Waals surface area contributed by atoms with E-state index in [1.54, 1.807) is 24.3 Å². The highest BCUT2D eigenvalue weighted by Gasteiger charge is 2.27. The van der Waals surface area contributed by atoms with Crippen LogP contribution in [0.1, 0.15) is 60.6 Å². The van der Waals surface area contributed by atoms with Gasteiger partial charge in [-0.1, -0.05) is 31.2 Å². The summed E-state index contributed by atoms with van der Waals surface area (Å²) in [5.41, 5.74) is 6.89. The molecule has 306 valence electrons. The van der Waals surface area contributed by atoms with E-state index < -0.39 is 78.2 Å². The number of aryl methyl sites for hydroxylation is 2. The molecule has 8 N–H and O–H groups in total. The molecule has 1 fully saturated rings. The number of ketones is 2. The van der Waals surface area contributed by atoms with Crippen molar-refractivity contribution in [2.45, 2.75) is 57.9 Å². The Labute approximate surface area is 326 Å². The first kappa shape index (κ1) is 43.6. The highest BCUT2D eigenvalue weighted by molar-refractivity contribution is 5.98. The van der Waals surface area contributed by atoms with Crippen molar-refractivity contribution < 1.29 is 48.9 Å². The van der Waals surface area contributed by atoms with E-state index in [4.69, 9.17) is 10.8 Å². The number of carboxylic acids is 3. The summed E-state index contributed by atoms with van der Waals surface area (Å²) in [5.74, 6) is -7.78. The number of aliphatic carboxylic acids is 3. The van der Waals surface area contributed by atoms with E-state index in [9.17, 15) is 48.6 Å². The first-order valence-corrected chi connectivity index (χ1v) is 18.4. The van der Waals surface area contributed by atoms with Gasteiger partial charge in [0.15, 0.2) is 16.9 Å². The van der Waals surface area contributed by atoms with Gasteiger partial charge in [0.1, 0.15) is 11.8 Å². The normalized spacial score (nSPS) is 15.0. The number of hydrogen-bond acceptors (Lipinski definition) is 14. The number of rotatable bonds is 22. The lowest BCUT2D eigenvalue weighted by atomic mass is 9.93. The van der Waals surface area contributed by atoms with Crippen LogP contribution < -0.4 is 21.9 Å². The number of nitrogens with zero attached hydrogens (tertiary/aromatic N) is 5. The minimum absolute atomic E-state index is 0.0312. The lowest BCUT2D eigenvalue weighted by molar-refractivity contribution is -0.144. The quantitative estimate of drug-likeness (QED) is 0.0631. The van der Waals surface area contributed by atoms with Gasteiger partial charge in [-0.25, -0.2) is 14.8 Å². The monoisotopic (exact) mass is 793 g/mol. The van der Waals surface area contributed by atoms with Crippen LogP contribution in [0.5, 0.6) is 0 Å². The molecule has 3 aromatic rings. The van der Waals surface area contributed by atoms with Crippen LogP contribution in [0.2, 0.25) is 0 Å². The summed E-state index contributed by atoms with van der Waals surface area (Å²) in [6, 6.07) is 5.00. The Morgan fingerprint density at radius 3 is 2.19 bits per heavy atom.